The number of aromatic hydroxyl groups is 1. The Kier molecular flexibility index (Phi) is 5.89. The molecule has 0 heterocycles. The van der Waals surface area contributed by atoms with Crippen LogP contribution in [0.4, 0.5) is 4.79 Å². The third-order valence-corrected chi connectivity index (χ3v) is 1.34. The predicted octanol–water partition coefficient (Wildman–Crippen LogP) is -1.52. The van der Waals surface area contributed by atoms with Crippen LogP contribution in [-0.2, 0) is 6.42 Å². The number of phenols is 1. The van der Waals surface area contributed by atoms with Gasteiger partial charge in [0, 0.05) is 6.61 Å². The van der Waals surface area contributed by atoms with Crippen LogP contribution in [0.25, 0.3) is 0 Å². The first-order valence-electron chi connectivity index (χ1n) is 3.83. The SMILES string of the molecule is O=C([O-])[O-].OCCc1ccc(O)cc1. The van der Waals surface area contributed by atoms with Gasteiger partial charge in [-0.15, -0.1) is 0 Å². The molecule has 0 bridgehead atoms. The highest BCUT2D eigenvalue weighted by Crippen LogP contribution is 2.09. The highest BCUT2D eigenvalue weighted by atomic mass is 16.6. The van der Waals surface area contributed by atoms with E-state index < -0.39 is 6.16 Å². The van der Waals surface area contributed by atoms with Crippen LogP contribution in [0.1, 0.15) is 5.56 Å². The molecule has 0 aliphatic carbocycles. The molecule has 0 saturated heterocycles. The van der Waals surface area contributed by atoms with Crippen LogP contribution >= 0.6 is 0 Å². The zero-order valence-electron chi connectivity index (χ0n) is 7.34. The number of aliphatic hydroxyl groups excluding tert-OH is 1. The topological polar surface area (TPSA) is 104 Å². The Bertz CT molecular complexity index is 263. The standard InChI is InChI=1S/C8H10O2.CH2O3/c9-6-5-7-1-3-8(10)4-2-7;2-1(3)4/h1-4,9-10H,5-6H2;(H2,2,3,4)/p-2. The maximum Gasteiger partial charge on any atom is 0.115 e. The number of hydrogen-bond donors (Lipinski definition) is 2. The lowest BCUT2D eigenvalue weighted by Gasteiger charge is -1.96. The summed E-state index contributed by atoms with van der Waals surface area (Å²) in [6.45, 7) is 0.158. The van der Waals surface area contributed by atoms with Crippen molar-refractivity contribution in [2.75, 3.05) is 6.61 Å². The van der Waals surface area contributed by atoms with Crippen molar-refractivity contribution in [1.29, 1.82) is 0 Å². The van der Waals surface area contributed by atoms with Crippen molar-refractivity contribution in [1.82, 2.24) is 0 Å². The van der Waals surface area contributed by atoms with E-state index in [9.17, 15) is 0 Å². The normalized spacial score (nSPS) is 8.64. The molecule has 0 amide bonds. The predicted molar refractivity (Wildman–Crippen MR) is 44.3 cm³/mol. The van der Waals surface area contributed by atoms with Gasteiger partial charge in [0.15, 0.2) is 0 Å². The third kappa shape index (κ3) is 6.93. The highest BCUT2D eigenvalue weighted by molar-refractivity contribution is 5.47. The Morgan fingerprint density at radius 1 is 1.21 bits per heavy atom. The number of phenolic OH excluding ortho intramolecular Hbond substituents is 1. The van der Waals surface area contributed by atoms with Crippen LogP contribution in [0.15, 0.2) is 24.3 Å². The first-order valence-corrected chi connectivity index (χ1v) is 3.83. The molecule has 0 unspecified atom stereocenters. The summed E-state index contributed by atoms with van der Waals surface area (Å²) in [5.74, 6) is 0.265. The Balaban J connectivity index is 0.000000364. The molecule has 0 aliphatic heterocycles. The summed E-state index contributed by atoms with van der Waals surface area (Å²) in [5.41, 5.74) is 1.04. The molecule has 0 spiro atoms. The summed E-state index contributed by atoms with van der Waals surface area (Å²) >= 11 is 0. The van der Waals surface area contributed by atoms with Crippen LogP contribution in [0.3, 0.4) is 0 Å². The number of aliphatic hydroxyl groups is 1. The van der Waals surface area contributed by atoms with Crippen molar-refractivity contribution in [3.8, 4) is 5.75 Å². The first-order chi connectivity index (χ1) is 6.56. The van der Waals surface area contributed by atoms with Crippen molar-refractivity contribution in [2.45, 2.75) is 6.42 Å². The zero-order chi connectivity index (χ0) is 11.0. The van der Waals surface area contributed by atoms with Crippen LogP contribution in [0.5, 0.6) is 5.75 Å². The molecule has 2 N–H and O–H groups in total. The molecule has 0 saturated carbocycles. The van der Waals surface area contributed by atoms with Gasteiger partial charge in [-0.3, -0.25) is 0 Å². The van der Waals surface area contributed by atoms with E-state index in [2.05, 4.69) is 0 Å². The monoisotopic (exact) mass is 198 g/mol. The van der Waals surface area contributed by atoms with Gasteiger partial charge in [0.1, 0.15) is 5.75 Å². The Hall–Kier alpha value is -1.75. The largest absolute Gasteiger partial charge is 0.652 e. The van der Waals surface area contributed by atoms with Crippen LogP contribution in [-0.4, -0.2) is 23.0 Å². The van der Waals surface area contributed by atoms with E-state index in [1.54, 1.807) is 24.3 Å². The van der Waals surface area contributed by atoms with Gasteiger partial charge in [-0.1, -0.05) is 12.1 Å². The summed E-state index contributed by atoms with van der Waals surface area (Å²) in [6.07, 6.45) is -1.68. The summed E-state index contributed by atoms with van der Waals surface area (Å²) < 4.78 is 0. The minimum atomic E-state index is -2.33. The Morgan fingerprint density at radius 2 is 1.64 bits per heavy atom. The summed E-state index contributed by atoms with van der Waals surface area (Å²) in [4.78, 5) is 8.33. The molecule has 0 fully saturated rings. The van der Waals surface area contributed by atoms with E-state index in [0.29, 0.717) is 6.42 Å². The molecule has 5 heteroatoms. The fraction of sp³-hybridized carbons (Fsp3) is 0.222. The number of carbonyl (C=O) groups is 1. The van der Waals surface area contributed by atoms with Gasteiger partial charge in [-0.2, -0.15) is 0 Å². The summed E-state index contributed by atoms with van der Waals surface area (Å²) in [7, 11) is 0. The number of carboxylic acid groups (broad SMARTS) is 2. The third-order valence-electron chi connectivity index (χ3n) is 1.34. The van der Waals surface area contributed by atoms with Crippen molar-refractivity contribution < 1.29 is 25.2 Å². The highest BCUT2D eigenvalue weighted by Gasteiger charge is 1.90. The van der Waals surface area contributed by atoms with Crippen molar-refractivity contribution >= 4 is 6.16 Å². The van der Waals surface area contributed by atoms with Gasteiger partial charge < -0.3 is 25.2 Å². The Morgan fingerprint density at radius 3 is 2.00 bits per heavy atom. The van der Waals surface area contributed by atoms with E-state index in [0.717, 1.165) is 5.56 Å². The van der Waals surface area contributed by atoms with Crippen LogP contribution in [0.2, 0.25) is 0 Å². The minimum absolute atomic E-state index is 0.158. The van der Waals surface area contributed by atoms with Crippen molar-refractivity contribution in [2.24, 2.45) is 0 Å². The van der Waals surface area contributed by atoms with Gasteiger partial charge in [0.25, 0.3) is 0 Å². The fourth-order valence-corrected chi connectivity index (χ4v) is 0.792. The van der Waals surface area contributed by atoms with Gasteiger partial charge in [-0.05, 0) is 30.3 Å². The molecule has 1 aromatic carbocycles. The van der Waals surface area contributed by atoms with E-state index >= 15 is 0 Å². The molecular weight excluding hydrogens is 188 g/mol. The second-order valence-corrected chi connectivity index (χ2v) is 2.39. The summed E-state index contributed by atoms with van der Waals surface area (Å²) in [5, 5.41) is 34.1. The van der Waals surface area contributed by atoms with Gasteiger partial charge in [0.2, 0.25) is 0 Å². The van der Waals surface area contributed by atoms with Gasteiger partial charge in [0.05, 0.1) is 0 Å². The summed E-state index contributed by atoms with van der Waals surface area (Å²) in [6, 6.07) is 6.83. The number of carbonyl (C=O) groups excluding carboxylic acids is 1. The van der Waals surface area contributed by atoms with Gasteiger partial charge in [-0.25, -0.2) is 0 Å². The van der Waals surface area contributed by atoms with Crippen molar-refractivity contribution in [3.63, 3.8) is 0 Å². The number of rotatable bonds is 2. The van der Waals surface area contributed by atoms with E-state index in [-0.39, 0.29) is 12.4 Å². The molecular formula is C9H10O5-2. The van der Waals surface area contributed by atoms with Crippen molar-refractivity contribution in [3.05, 3.63) is 29.8 Å². The van der Waals surface area contributed by atoms with Crippen LogP contribution < -0.4 is 10.2 Å². The van der Waals surface area contributed by atoms with Crippen LogP contribution in [0, 0.1) is 0 Å². The lowest BCUT2D eigenvalue weighted by molar-refractivity contribution is -0.415. The molecule has 5 nitrogen and oxygen atoms in total. The number of benzene rings is 1. The second-order valence-electron chi connectivity index (χ2n) is 2.39. The molecule has 0 radical (unpaired) electrons. The molecule has 0 atom stereocenters. The van der Waals surface area contributed by atoms with E-state index in [1.807, 2.05) is 0 Å². The average Bonchev–Trinajstić information content (AvgIpc) is 2.08. The van der Waals surface area contributed by atoms with E-state index in [4.69, 9.17) is 25.2 Å². The minimum Gasteiger partial charge on any atom is -0.652 e. The smallest absolute Gasteiger partial charge is 0.115 e. The lowest BCUT2D eigenvalue weighted by Crippen LogP contribution is -2.37. The number of hydrogen-bond acceptors (Lipinski definition) is 5. The maximum absolute atomic E-state index is 8.86. The average molecular weight is 198 g/mol. The molecule has 78 valence electrons. The second kappa shape index (κ2) is 6.73. The first kappa shape index (κ1) is 12.2. The lowest BCUT2D eigenvalue weighted by atomic mass is 10.2. The molecule has 14 heavy (non-hydrogen) atoms. The van der Waals surface area contributed by atoms with Gasteiger partial charge >= 0.3 is 0 Å². The quantitative estimate of drug-likeness (QED) is 0.600. The van der Waals surface area contributed by atoms with E-state index in [1.165, 1.54) is 0 Å². The Labute approximate surface area is 80.9 Å². The maximum atomic E-state index is 8.86. The molecule has 0 aromatic heterocycles. The molecule has 1 aromatic rings. The zero-order valence-corrected chi connectivity index (χ0v) is 7.34. The molecule has 1 rings (SSSR count). The fourth-order valence-electron chi connectivity index (χ4n) is 0.792. The molecule has 0 aliphatic rings.